The van der Waals surface area contributed by atoms with Gasteiger partial charge in [-0.25, -0.2) is 4.98 Å². The molecule has 6 heteroatoms. The van der Waals surface area contributed by atoms with E-state index in [-0.39, 0.29) is 5.91 Å². The molecular formula is C20H19ClN4O. The van der Waals surface area contributed by atoms with Crippen LogP contribution in [0.25, 0.3) is 0 Å². The molecule has 0 spiro atoms. The number of fused-ring (bicyclic) bond motifs is 1. The van der Waals surface area contributed by atoms with Gasteiger partial charge in [-0.1, -0.05) is 11.6 Å². The summed E-state index contributed by atoms with van der Waals surface area (Å²) < 4.78 is 2.05. The van der Waals surface area contributed by atoms with Gasteiger partial charge in [0.15, 0.2) is 0 Å². The van der Waals surface area contributed by atoms with Crippen molar-refractivity contribution < 1.29 is 4.79 Å². The molecular weight excluding hydrogens is 348 g/mol. The maximum atomic E-state index is 13.0. The van der Waals surface area contributed by atoms with Crippen LogP contribution in [-0.2, 0) is 12.1 Å². The molecule has 0 unspecified atom stereocenters. The molecule has 0 fully saturated rings. The Balaban J connectivity index is 1.73. The summed E-state index contributed by atoms with van der Waals surface area (Å²) in [7, 11) is 0. The topological polar surface area (TPSA) is 51.0 Å². The minimum atomic E-state index is -0.497. The van der Waals surface area contributed by atoms with Crippen LogP contribution in [0.4, 0.5) is 5.69 Å². The number of rotatable bonds is 3. The highest BCUT2D eigenvalue weighted by atomic mass is 35.5. The van der Waals surface area contributed by atoms with Crippen LogP contribution in [-0.4, -0.2) is 20.4 Å². The number of hydrogen-bond acceptors (Lipinski definition) is 3. The average Bonchev–Trinajstić information content (AvgIpc) is 3.07. The molecule has 1 aliphatic rings. The number of halogens is 1. The predicted octanol–water partition coefficient (Wildman–Crippen LogP) is 4.18. The van der Waals surface area contributed by atoms with Crippen molar-refractivity contribution in [1.82, 2.24) is 14.5 Å². The number of aryl methyl sites for hydroxylation is 1. The highest BCUT2D eigenvalue weighted by Gasteiger charge is 2.44. The van der Waals surface area contributed by atoms with Crippen LogP contribution in [0.5, 0.6) is 0 Å². The fourth-order valence-electron chi connectivity index (χ4n) is 3.59. The Hall–Kier alpha value is -2.66. The third-order valence-electron chi connectivity index (χ3n) is 4.95. The fourth-order valence-corrected chi connectivity index (χ4v) is 3.77. The van der Waals surface area contributed by atoms with Gasteiger partial charge in [0, 0.05) is 29.2 Å². The summed E-state index contributed by atoms with van der Waals surface area (Å²) in [6.45, 7) is 6.68. The number of carbonyl (C=O) groups is 1. The fraction of sp³-hybridized carbons (Fsp3) is 0.250. The molecule has 1 amide bonds. The molecule has 3 heterocycles. The Kier molecular flexibility index (Phi) is 3.84. The van der Waals surface area contributed by atoms with Crippen molar-refractivity contribution in [2.45, 2.75) is 32.9 Å². The molecule has 0 atom stereocenters. The number of amides is 1. The Morgan fingerprint density at radius 3 is 2.73 bits per heavy atom. The van der Waals surface area contributed by atoms with Crippen molar-refractivity contribution in [1.29, 1.82) is 0 Å². The summed E-state index contributed by atoms with van der Waals surface area (Å²) in [4.78, 5) is 23.5. The minimum absolute atomic E-state index is 0.0283. The van der Waals surface area contributed by atoms with Crippen molar-refractivity contribution >= 4 is 23.2 Å². The molecule has 26 heavy (non-hydrogen) atoms. The molecule has 132 valence electrons. The van der Waals surface area contributed by atoms with Gasteiger partial charge in [0.25, 0.3) is 5.91 Å². The molecule has 1 aromatic carbocycles. The van der Waals surface area contributed by atoms with Crippen molar-refractivity contribution in [3.05, 3.63) is 76.6 Å². The van der Waals surface area contributed by atoms with Crippen LogP contribution >= 0.6 is 11.6 Å². The van der Waals surface area contributed by atoms with Crippen LogP contribution in [0, 0.1) is 6.92 Å². The maximum absolute atomic E-state index is 13.0. The van der Waals surface area contributed by atoms with E-state index in [2.05, 4.69) is 9.97 Å². The van der Waals surface area contributed by atoms with E-state index in [1.165, 1.54) is 0 Å². The van der Waals surface area contributed by atoms with Gasteiger partial charge in [-0.3, -0.25) is 14.7 Å². The van der Waals surface area contributed by atoms with Crippen molar-refractivity contribution in [2.24, 2.45) is 0 Å². The molecule has 3 aromatic rings. The second-order valence-electron chi connectivity index (χ2n) is 7.04. The third-order valence-corrected chi connectivity index (χ3v) is 5.18. The van der Waals surface area contributed by atoms with Crippen LogP contribution in [0.3, 0.4) is 0 Å². The minimum Gasteiger partial charge on any atom is -0.331 e. The van der Waals surface area contributed by atoms with Gasteiger partial charge in [-0.05, 0) is 56.2 Å². The Labute approximate surface area is 157 Å². The van der Waals surface area contributed by atoms with Gasteiger partial charge in [0.05, 0.1) is 24.0 Å². The van der Waals surface area contributed by atoms with Crippen LogP contribution in [0.1, 0.15) is 41.2 Å². The first-order chi connectivity index (χ1) is 12.4. The molecule has 2 aromatic heterocycles. The van der Waals surface area contributed by atoms with Gasteiger partial charge < -0.3 is 4.57 Å². The molecule has 0 aliphatic carbocycles. The second kappa shape index (κ2) is 5.95. The molecule has 4 rings (SSSR count). The van der Waals surface area contributed by atoms with Gasteiger partial charge in [-0.2, -0.15) is 0 Å². The standard InChI is InChI=1S/C20H19ClN4O/c1-13-23-6-7-24(13)12-14-8-16(11-22-10-14)25-19(26)17-5-4-15(21)9-18(17)20(25,2)3/h4-11H,12H2,1-3H3. The molecule has 0 radical (unpaired) electrons. The van der Waals surface area contributed by atoms with Gasteiger partial charge in [0.2, 0.25) is 0 Å². The lowest BCUT2D eigenvalue weighted by Crippen LogP contribution is -2.39. The van der Waals surface area contributed by atoms with E-state index < -0.39 is 5.54 Å². The summed E-state index contributed by atoms with van der Waals surface area (Å²) >= 11 is 6.16. The van der Waals surface area contributed by atoms with Crippen LogP contribution in [0.15, 0.2) is 49.1 Å². The smallest absolute Gasteiger partial charge is 0.259 e. The van der Waals surface area contributed by atoms with E-state index in [0.717, 1.165) is 22.6 Å². The summed E-state index contributed by atoms with van der Waals surface area (Å²) in [6.07, 6.45) is 7.27. The molecule has 0 N–H and O–H groups in total. The summed E-state index contributed by atoms with van der Waals surface area (Å²) in [5.41, 5.74) is 2.92. The van der Waals surface area contributed by atoms with Crippen LogP contribution in [0.2, 0.25) is 5.02 Å². The third kappa shape index (κ3) is 2.59. The number of imidazole rings is 1. The number of hydrogen-bond donors (Lipinski definition) is 0. The lowest BCUT2D eigenvalue weighted by Gasteiger charge is -2.32. The monoisotopic (exact) mass is 366 g/mol. The summed E-state index contributed by atoms with van der Waals surface area (Å²) in [6, 6.07) is 7.45. The SMILES string of the molecule is Cc1nccn1Cc1cncc(N2C(=O)c3ccc(Cl)cc3C2(C)C)c1. The van der Waals surface area contributed by atoms with E-state index >= 15 is 0 Å². The summed E-state index contributed by atoms with van der Waals surface area (Å²) in [5.74, 6) is 0.912. The number of pyridine rings is 1. The molecule has 0 saturated carbocycles. The first-order valence-corrected chi connectivity index (χ1v) is 8.82. The Morgan fingerprint density at radius 1 is 1.19 bits per heavy atom. The lowest BCUT2D eigenvalue weighted by molar-refractivity contribution is 0.0982. The number of carbonyl (C=O) groups excluding carboxylic acids is 1. The van der Waals surface area contributed by atoms with Crippen molar-refractivity contribution in [2.75, 3.05) is 4.90 Å². The highest BCUT2D eigenvalue weighted by Crippen LogP contribution is 2.42. The number of nitrogens with zero attached hydrogens (tertiary/aromatic N) is 4. The number of aromatic nitrogens is 3. The Morgan fingerprint density at radius 2 is 2.00 bits per heavy atom. The zero-order valence-corrected chi connectivity index (χ0v) is 15.7. The van der Waals surface area contributed by atoms with Gasteiger partial charge in [-0.15, -0.1) is 0 Å². The molecule has 0 saturated heterocycles. The average molecular weight is 367 g/mol. The zero-order chi connectivity index (χ0) is 18.5. The molecule has 0 bridgehead atoms. The van der Waals surface area contributed by atoms with Crippen LogP contribution < -0.4 is 4.90 Å². The largest absolute Gasteiger partial charge is 0.331 e. The van der Waals surface area contributed by atoms with E-state index in [1.54, 1.807) is 29.4 Å². The second-order valence-corrected chi connectivity index (χ2v) is 7.48. The number of benzene rings is 1. The van der Waals surface area contributed by atoms with E-state index in [9.17, 15) is 4.79 Å². The number of anilines is 1. The predicted molar refractivity (Wildman–Crippen MR) is 102 cm³/mol. The van der Waals surface area contributed by atoms with E-state index in [0.29, 0.717) is 17.1 Å². The molecule has 5 nitrogen and oxygen atoms in total. The normalized spacial score (nSPS) is 15.4. The zero-order valence-electron chi connectivity index (χ0n) is 14.9. The maximum Gasteiger partial charge on any atom is 0.259 e. The van der Waals surface area contributed by atoms with E-state index in [4.69, 9.17) is 11.6 Å². The highest BCUT2D eigenvalue weighted by molar-refractivity contribution is 6.31. The van der Waals surface area contributed by atoms with Gasteiger partial charge in [0.1, 0.15) is 5.82 Å². The first kappa shape index (κ1) is 16.8. The molecule has 1 aliphatic heterocycles. The first-order valence-electron chi connectivity index (χ1n) is 8.44. The summed E-state index contributed by atoms with van der Waals surface area (Å²) in [5, 5.41) is 0.633. The van der Waals surface area contributed by atoms with Gasteiger partial charge >= 0.3 is 0 Å². The van der Waals surface area contributed by atoms with Crippen molar-refractivity contribution in [3.63, 3.8) is 0 Å². The lowest BCUT2D eigenvalue weighted by atomic mass is 9.93. The van der Waals surface area contributed by atoms with Crippen molar-refractivity contribution in [3.8, 4) is 0 Å². The Bertz CT molecular complexity index is 1010. The van der Waals surface area contributed by atoms with E-state index in [1.807, 2.05) is 49.9 Å². The quantitative estimate of drug-likeness (QED) is 0.698.